The van der Waals surface area contributed by atoms with E-state index in [2.05, 4.69) is 63.0 Å². The molecule has 4 heteroatoms. The lowest BCUT2D eigenvalue weighted by Gasteiger charge is -2.34. The molecule has 3 nitrogen and oxygen atoms in total. The number of nitrogens with zero attached hydrogens (tertiary/aromatic N) is 1. The summed E-state index contributed by atoms with van der Waals surface area (Å²) in [5.74, 6) is 0.0821. The molecule has 1 aliphatic rings. The Balaban J connectivity index is 1.91. The first-order chi connectivity index (χ1) is 13.1. The highest BCUT2D eigenvalue weighted by atomic mass is 35.5. The molecule has 0 saturated carbocycles. The number of amides is 1. The molecule has 0 atom stereocenters. The van der Waals surface area contributed by atoms with E-state index in [4.69, 9.17) is 11.6 Å². The van der Waals surface area contributed by atoms with Crippen molar-refractivity contribution in [2.75, 3.05) is 16.8 Å². The fourth-order valence-corrected chi connectivity index (χ4v) is 4.21. The van der Waals surface area contributed by atoms with Crippen LogP contribution in [0.15, 0.2) is 30.3 Å². The van der Waals surface area contributed by atoms with Crippen molar-refractivity contribution in [3.05, 3.63) is 57.6 Å². The van der Waals surface area contributed by atoms with Gasteiger partial charge in [-0.25, -0.2) is 0 Å². The second-order valence-electron chi connectivity index (χ2n) is 9.14. The van der Waals surface area contributed by atoms with Crippen LogP contribution in [0.3, 0.4) is 0 Å². The minimum absolute atomic E-state index is 0.0271. The van der Waals surface area contributed by atoms with E-state index in [1.807, 2.05) is 12.1 Å². The van der Waals surface area contributed by atoms with Gasteiger partial charge in [0, 0.05) is 35.9 Å². The highest BCUT2D eigenvalue weighted by Crippen LogP contribution is 2.38. The van der Waals surface area contributed by atoms with Gasteiger partial charge in [0.1, 0.15) is 0 Å². The third-order valence-corrected chi connectivity index (χ3v) is 5.50. The van der Waals surface area contributed by atoms with E-state index in [1.54, 1.807) is 0 Å². The maximum absolute atomic E-state index is 12.6. The van der Waals surface area contributed by atoms with Crippen molar-refractivity contribution >= 4 is 28.9 Å². The Hall–Kier alpha value is -2.00. The molecule has 0 aliphatic carbocycles. The van der Waals surface area contributed by atoms with Crippen LogP contribution in [0.2, 0.25) is 5.02 Å². The fourth-order valence-electron chi connectivity index (χ4n) is 4.09. The third-order valence-electron chi connectivity index (χ3n) is 5.25. The number of benzene rings is 2. The monoisotopic (exact) mass is 398 g/mol. The largest absolute Gasteiger partial charge is 0.367 e. The van der Waals surface area contributed by atoms with Gasteiger partial charge >= 0.3 is 0 Å². The number of carbonyl (C=O) groups is 1. The second kappa shape index (κ2) is 8.16. The summed E-state index contributed by atoms with van der Waals surface area (Å²) in [6.07, 6.45) is 2.75. The predicted octanol–water partition coefficient (Wildman–Crippen LogP) is 6.28. The van der Waals surface area contributed by atoms with Gasteiger partial charge in [-0.15, -0.1) is 0 Å². The molecule has 1 N–H and O–H groups in total. The number of nitrogens with one attached hydrogen (secondary N) is 1. The first-order valence-electron chi connectivity index (χ1n) is 10.1. The molecule has 150 valence electrons. The Bertz CT molecular complexity index is 866. The number of fused-ring (bicyclic) bond motifs is 1. The quantitative estimate of drug-likeness (QED) is 0.656. The average molecular weight is 399 g/mol. The summed E-state index contributed by atoms with van der Waals surface area (Å²) in [6.45, 7) is 12.4. The maximum Gasteiger partial charge on any atom is 0.224 e. The zero-order chi connectivity index (χ0) is 20.5. The molecule has 0 aromatic heterocycles. The average Bonchev–Trinajstić information content (AvgIpc) is 2.59. The zero-order valence-electron chi connectivity index (χ0n) is 17.7. The zero-order valence-corrected chi connectivity index (χ0v) is 18.4. The highest BCUT2D eigenvalue weighted by Gasteiger charge is 2.24. The van der Waals surface area contributed by atoms with Crippen molar-refractivity contribution in [3.8, 4) is 0 Å². The Morgan fingerprint density at radius 1 is 1.18 bits per heavy atom. The van der Waals surface area contributed by atoms with E-state index in [9.17, 15) is 4.79 Å². The van der Waals surface area contributed by atoms with E-state index in [0.29, 0.717) is 6.42 Å². The first kappa shape index (κ1) is 20.7. The molecule has 3 rings (SSSR count). The molecular formula is C24H31ClN2O. The lowest BCUT2D eigenvalue weighted by Crippen LogP contribution is -2.30. The number of anilines is 2. The number of rotatable bonds is 4. The molecule has 2 aromatic carbocycles. The van der Waals surface area contributed by atoms with E-state index < -0.39 is 0 Å². The fraction of sp³-hybridized carbons (Fsp3) is 0.458. The van der Waals surface area contributed by atoms with Crippen molar-refractivity contribution < 1.29 is 4.79 Å². The minimum atomic E-state index is -0.0271. The predicted molar refractivity (Wildman–Crippen MR) is 119 cm³/mol. The molecule has 1 amide bonds. The van der Waals surface area contributed by atoms with Crippen LogP contribution in [0.4, 0.5) is 11.4 Å². The molecular weight excluding hydrogens is 368 g/mol. The van der Waals surface area contributed by atoms with Gasteiger partial charge in [0.25, 0.3) is 0 Å². The van der Waals surface area contributed by atoms with E-state index in [1.165, 1.54) is 22.4 Å². The van der Waals surface area contributed by atoms with Crippen LogP contribution in [0.5, 0.6) is 0 Å². The van der Waals surface area contributed by atoms with Gasteiger partial charge in [-0.2, -0.15) is 0 Å². The van der Waals surface area contributed by atoms with Crippen molar-refractivity contribution in [3.63, 3.8) is 0 Å². The van der Waals surface area contributed by atoms with Gasteiger partial charge in [-0.05, 0) is 66.5 Å². The third kappa shape index (κ3) is 4.88. The topological polar surface area (TPSA) is 32.3 Å². The Labute approximate surface area is 174 Å². The molecule has 0 radical (unpaired) electrons. The van der Waals surface area contributed by atoms with E-state index >= 15 is 0 Å². The number of hydrogen-bond donors (Lipinski definition) is 1. The Kier molecular flexibility index (Phi) is 6.04. The van der Waals surface area contributed by atoms with Gasteiger partial charge in [0.05, 0.1) is 0 Å². The molecule has 0 fully saturated rings. The van der Waals surface area contributed by atoms with Crippen LogP contribution in [0, 0.1) is 19.3 Å². The molecule has 0 saturated heterocycles. The van der Waals surface area contributed by atoms with Crippen LogP contribution in [-0.2, 0) is 17.8 Å². The summed E-state index contributed by atoms with van der Waals surface area (Å²) in [5, 5.41) is 3.96. The van der Waals surface area contributed by atoms with Gasteiger partial charge in [0.15, 0.2) is 0 Å². The molecule has 1 aliphatic heterocycles. The van der Waals surface area contributed by atoms with Crippen molar-refractivity contribution in [1.29, 1.82) is 0 Å². The van der Waals surface area contributed by atoms with Crippen LogP contribution in [0.1, 0.15) is 55.9 Å². The molecule has 0 bridgehead atoms. The summed E-state index contributed by atoms with van der Waals surface area (Å²) >= 11 is 6.04. The van der Waals surface area contributed by atoms with Crippen LogP contribution in [0.25, 0.3) is 0 Å². The summed E-state index contributed by atoms with van der Waals surface area (Å²) in [4.78, 5) is 15.0. The van der Waals surface area contributed by atoms with E-state index in [0.717, 1.165) is 42.2 Å². The van der Waals surface area contributed by atoms with Crippen LogP contribution in [-0.4, -0.2) is 12.5 Å². The second-order valence-corrected chi connectivity index (χ2v) is 9.57. The highest BCUT2D eigenvalue weighted by molar-refractivity contribution is 6.30. The number of hydrogen-bond acceptors (Lipinski definition) is 2. The number of halogens is 1. The number of aryl methyl sites for hydroxylation is 2. The molecule has 28 heavy (non-hydrogen) atoms. The van der Waals surface area contributed by atoms with Gasteiger partial charge in [-0.1, -0.05) is 50.6 Å². The minimum Gasteiger partial charge on any atom is -0.367 e. The standard InChI is InChI=1S/C24H31ClN2O/c1-16-13-19-7-6-12-27(15-18-8-10-20(25)11-9-18)23(19)17(2)22(16)26-21(28)14-24(3,4)5/h8-11,13H,6-7,12,14-15H2,1-5H3,(H,26,28). The Morgan fingerprint density at radius 3 is 2.50 bits per heavy atom. The maximum atomic E-state index is 12.6. The molecule has 0 unspecified atom stereocenters. The Morgan fingerprint density at radius 2 is 1.86 bits per heavy atom. The normalized spacial score (nSPS) is 14.0. The summed E-state index contributed by atoms with van der Waals surface area (Å²) in [6, 6.07) is 10.3. The van der Waals surface area contributed by atoms with Crippen LogP contribution >= 0.6 is 11.6 Å². The van der Waals surface area contributed by atoms with Gasteiger partial charge in [0.2, 0.25) is 5.91 Å². The van der Waals surface area contributed by atoms with Gasteiger partial charge in [-0.3, -0.25) is 4.79 Å². The molecule has 1 heterocycles. The van der Waals surface area contributed by atoms with Gasteiger partial charge < -0.3 is 10.2 Å². The summed E-state index contributed by atoms with van der Waals surface area (Å²) in [5.41, 5.74) is 7.16. The first-order valence-corrected chi connectivity index (χ1v) is 10.4. The summed E-state index contributed by atoms with van der Waals surface area (Å²) in [7, 11) is 0. The molecule has 0 spiro atoms. The van der Waals surface area contributed by atoms with Crippen molar-refractivity contribution in [1.82, 2.24) is 0 Å². The number of carbonyl (C=O) groups excluding carboxylic acids is 1. The summed E-state index contributed by atoms with van der Waals surface area (Å²) < 4.78 is 0. The van der Waals surface area contributed by atoms with Crippen molar-refractivity contribution in [2.24, 2.45) is 5.41 Å². The smallest absolute Gasteiger partial charge is 0.224 e. The van der Waals surface area contributed by atoms with E-state index in [-0.39, 0.29) is 11.3 Å². The molecule has 2 aromatic rings. The van der Waals surface area contributed by atoms with Crippen LogP contribution < -0.4 is 10.2 Å². The SMILES string of the molecule is Cc1cc2c(c(C)c1NC(=O)CC(C)(C)C)N(Cc1ccc(Cl)cc1)CCC2. The lowest BCUT2D eigenvalue weighted by atomic mass is 9.91. The lowest BCUT2D eigenvalue weighted by molar-refractivity contribution is -0.117. The van der Waals surface area contributed by atoms with Crippen molar-refractivity contribution in [2.45, 2.75) is 60.4 Å².